The van der Waals surface area contributed by atoms with E-state index in [1.54, 1.807) is 16.8 Å². The molecule has 6 rings (SSSR count). The number of carbonyl (C=O) groups excluding carboxylic acids is 2. The van der Waals surface area contributed by atoms with Gasteiger partial charge in [0.2, 0.25) is 11.8 Å². The van der Waals surface area contributed by atoms with Crippen molar-refractivity contribution in [3.63, 3.8) is 0 Å². The monoisotopic (exact) mass is 538 g/mol. The summed E-state index contributed by atoms with van der Waals surface area (Å²) in [7, 11) is 0. The molecule has 0 bridgehead atoms. The zero-order valence-electron chi connectivity index (χ0n) is 20.5. The summed E-state index contributed by atoms with van der Waals surface area (Å²) in [6.45, 7) is -0.896. The van der Waals surface area contributed by atoms with E-state index >= 15 is 0 Å². The van der Waals surface area contributed by atoms with Gasteiger partial charge in [0.1, 0.15) is 17.1 Å². The van der Waals surface area contributed by atoms with Crippen LogP contribution < -0.4 is 15.4 Å². The van der Waals surface area contributed by atoms with Gasteiger partial charge >= 0.3 is 6.18 Å². The predicted molar refractivity (Wildman–Crippen MR) is 125 cm³/mol. The number of alkyl halides is 5. The summed E-state index contributed by atoms with van der Waals surface area (Å²) in [5.41, 5.74) is 1.55. The van der Waals surface area contributed by atoms with Crippen LogP contribution in [0.1, 0.15) is 65.7 Å². The van der Waals surface area contributed by atoms with E-state index in [4.69, 9.17) is 9.84 Å². The molecule has 204 valence electrons. The van der Waals surface area contributed by atoms with Crippen LogP contribution in [0, 0.1) is 11.8 Å². The zero-order valence-corrected chi connectivity index (χ0v) is 20.5. The lowest BCUT2D eigenvalue weighted by atomic mass is 9.80. The number of halogens is 5. The Kier molecular flexibility index (Phi) is 5.73. The van der Waals surface area contributed by atoms with Crippen LogP contribution >= 0.6 is 0 Å². The molecule has 1 aromatic carbocycles. The molecular weight excluding hydrogens is 511 g/mol. The molecule has 7 nitrogen and oxygen atoms in total. The van der Waals surface area contributed by atoms with E-state index in [1.165, 1.54) is 6.07 Å². The van der Waals surface area contributed by atoms with Gasteiger partial charge in [-0.3, -0.25) is 9.59 Å². The highest BCUT2D eigenvalue weighted by Gasteiger charge is 2.50. The van der Waals surface area contributed by atoms with Crippen LogP contribution in [-0.4, -0.2) is 40.3 Å². The number of carbonyl (C=O) groups is 2. The summed E-state index contributed by atoms with van der Waals surface area (Å²) >= 11 is 0. The SMILES string of the molecule is O=C1N[C@@]2(CCc3cc(OCC(F)(F)F)ccc32)Cc2nn(CCC3CC3)c(NC(=O)C3CC(F)(F)C3)c21. The van der Waals surface area contributed by atoms with Crippen LogP contribution in [0.3, 0.4) is 0 Å². The van der Waals surface area contributed by atoms with Crippen molar-refractivity contribution >= 4 is 17.6 Å². The molecule has 38 heavy (non-hydrogen) atoms. The lowest BCUT2D eigenvalue weighted by Gasteiger charge is -2.35. The molecule has 3 aliphatic carbocycles. The van der Waals surface area contributed by atoms with Crippen LogP contribution in [0.15, 0.2) is 18.2 Å². The lowest BCUT2D eigenvalue weighted by molar-refractivity contribution is -0.153. The third-order valence-electron chi connectivity index (χ3n) is 8.04. The molecule has 1 atom stereocenters. The van der Waals surface area contributed by atoms with Crippen molar-refractivity contribution in [2.75, 3.05) is 11.9 Å². The Labute approximate surface area is 215 Å². The quantitative estimate of drug-likeness (QED) is 0.499. The number of benzene rings is 1. The number of ether oxygens (including phenoxy) is 1. The van der Waals surface area contributed by atoms with E-state index in [0.717, 1.165) is 30.4 Å². The van der Waals surface area contributed by atoms with E-state index in [9.17, 15) is 31.5 Å². The second kappa shape index (κ2) is 8.67. The van der Waals surface area contributed by atoms with Gasteiger partial charge in [0, 0.05) is 31.7 Å². The predicted octanol–water partition coefficient (Wildman–Crippen LogP) is 4.74. The minimum absolute atomic E-state index is 0.108. The Morgan fingerprint density at radius 3 is 2.68 bits per heavy atom. The molecule has 2 aromatic rings. The molecular formula is C26H27F5N4O3. The van der Waals surface area contributed by atoms with Crippen molar-refractivity contribution in [2.45, 2.75) is 75.5 Å². The lowest BCUT2D eigenvalue weighted by Crippen LogP contribution is -2.50. The second-order valence-corrected chi connectivity index (χ2v) is 11.0. The number of nitrogens with one attached hydrogen (secondary N) is 2. The standard InChI is InChI=1S/C26H27F5N4O3/c27-25(28)10-16(11-25)22(36)32-21-20-19(34-35(21)8-6-14-1-2-14)12-24(33-23(20)37)7-5-15-9-17(3-4-18(15)24)38-13-26(29,30)31/h3-4,9,14,16H,1-2,5-8,10-13H2,(H,32,36)(H,33,37)/t24-/m0/s1. The third-order valence-corrected chi connectivity index (χ3v) is 8.04. The van der Waals surface area contributed by atoms with Gasteiger partial charge in [0.15, 0.2) is 6.61 Å². The topological polar surface area (TPSA) is 85.2 Å². The fourth-order valence-electron chi connectivity index (χ4n) is 5.84. The molecule has 2 amide bonds. The third kappa shape index (κ3) is 4.73. The number of aryl methyl sites for hydroxylation is 2. The van der Waals surface area contributed by atoms with Gasteiger partial charge in [-0.15, -0.1) is 0 Å². The van der Waals surface area contributed by atoms with E-state index in [2.05, 4.69) is 10.6 Å². The van der Waals surface area contributed by atoms with Crippen LogP contribution in [-0.2, 0) is 29.7 Å². The summed E-state index contributed by atoms with van der Waals surface area (Å²) in [5.74, 6) is -3.72. The average molecular weight is 539 g/mol. The number of amides is 2. The summed E-state index contributed by atoms with van der Waals surface area (Å²) in [6, 6.07) is 4.72. The molecule has 0 unspecified atom stereocenters. The van der Waals surface area contributed by atoms with Crippen molar-refractivity contribution < 1.29 is 36.3 Å². The van der Waals surface area contributed by atoms with Gasteiger partial charge in [-0.2, -0.15) is 18.3 Å². The maximum Gasteiger partial charge on any atom is 0.422 e. The highest BCUT2D eigenvalue weighted by atomic mass is 19.4. The maximum absolute atomic E-state index is 13.5. The Morgan fingerprint density at radius 2 is 2.00 bits per heavy atom. The van der Waals surface area contributed by atoms with Crippen LogP contribution in [0.4, 0.5) is 27.8 Å². The molecule has 0 radical (unpaired) electrons. The van der Waals surface area contributed by atoms with E-state index in [0.29, 0.717) is 37.4 Å². The van der Waals surface area contributed by atoms with Crippen LogP contribution in [0.2, 0.25) is 0 Å². The molecule has 2 fully saturated rings. The highest BCUT2D eigenvalue weighted by Crippen LogP contribution is 2.46. The molecule has 0 saturated heterocycles. The number of nitrogens with zero attached hydrogens (tertiary/aromatic N) is 2. The summed E-state index contributed by atoms with van der Waals surface area (Å²) in [4.78, 5) is 26.2. The summed E-state index contributed by atoms with van der Waals surface area (Å²) < 4.78 is 70.9. The molecule has 1 aliphatic heterocycles. The Bertz CT molecular complexity index is 1290. The highest BCUT2D eigenvalue weighted by molar-refractivity contribution is 6.05. The number of hydrogen-bond acceptors (Lipinski definition) is 4. The first-order valence-electron chi connectivity index (χ1n) is 12.9. The van der Waals surface area contributed by atoms with Crippen molar-refractivity contribution in [3.8, 4) is 5.75 Å². The minimum atomic E-state index is -4.45. The van der Waals surface area contributed by atoms with Gasteiger partial charge in [-0.25, -0.2) is 13.5 Å². The van der Waals surface area contributed by atoms with Crippen molar-refractivity contribution in [1.29, 1.82) is 0 Å². The van der Waals surface area contributed by atoms with Crippen LogP contribution in [0.5, 0.6) is 5.75 Å². The number of fused-ring (bicyclic) bond motifs is 3. The normalized spacial score (nSPS) is 24.0. The van der Waals surface area contributed by atoms with Crippen molar-refractivity contribution in [3.05, 3.63) is 40.6 Å². The largest absolute Gasteiger partial charge is 0.484 e. The first kappa shape index (κ1) is 25.1. The first-order valence-corrected chi connectivity index (χ1v) is 12.9. The number of aromatic nitrogens is 2. The van der Waals surface area contributed by atoms with Gasteiger partial charge in [0.25, 0.3) is 5.91 Å². The molecule has 2 N–H and O–H groups in total. The Morgan fingerprint density at radius 1 is 1.24 bits per heavy atom. The zero-order chi connectivity index (χ0) is 26.9. The smallest absolute Gasteiger partial charge is 0.422 e. The summed E-state index contributed by atoms with van der Waals surface area (Å²) in [6.07, 6.45) is -0.995. The first-order chi connectivity index (χ1) is 17.9. The molecule has 12 heteroatoms. The number of hydrogen-bond donors (Lipinski definition) is 2. The Balaban J connectivity index is 1.27. The van der Waals surface area contributed by atoms with E-state index in [1.807, 2.05) is 0 Å². The number of anilines is 1. The van der Waals surface area contributed by atoms with E-state index in [-0.39, 0.29) is 17.1 Å². The molecule has 2 saturated carbocycles. The fourth-order valence-corrected chi connectivity index (χ4v) is 5.84. The average Bonchev–Trinajstić information content (AvgIpc) is 3.51. The molecule has 1 aromatic heterocycles. The van der Waals surface area contributed by atoms with Gasteiger partial charge in [-0.1, -0.05) is 18.9 Å². The van der Waals surface area contributed by atoms with Crippen molar-refractivity contribution in [2.24, 2.45) is 11.8 Å². The van der Waals surface area contributed by atoms with Gasteiger partial charge in [0.05, 0.1) is 11.2 Å². The summed E-state index contributed by atoms with van der Waals surface area (Å²) in [5, 5.41) is 10.5. The van der Waals surface area contributed by atoms with E-state index < -0.39 is 54.8 Å². The fraction of sp³-hybridized carbons (Fsp3) is 0.577. The molecule has 4 aliphatic rings. The van der Waals surface area contributed by atoms with Gasteiger partial charge in [-0.05, 0) is 48.4 Å². The van der Waals surface area contributed by atoms with Crippen molar-refractivity contribution in [1.82, 2.24) is 15.1 Å². The second-order valence-electron chi connectivity index (χ2n) is 11.0. The maximum atomic E-state index is 13.5. The minimum Gasteiger partial charge on any atom is -0.484 e. The van der Waals surface area contributed by atoms with Gasteiger partial charge < -0.3 is 15.4 Å². The Hall–Kier alpha value is -3.18. The molecule has 1 spiro atoms. The molecule has 2 heterocycles. The number of rotatable bonds is 7. The van der Waals surface area contributed by atoms with Crippen LogP contribution in [0.25, 0.3) is 0 Å².